The van der Waals surface area contributed by atoms with E-state index in [4.69, 9.17) is 23.2 Å². The molecule has 19 heavy (non-hydrogen) atoms. The SMILES string of the molecule is Fc1cccc(Cl)c1CC(Cl)c1cccc(Br)c1F. The van der Waals surface area contributed by atoms with Gasteiger partial charge in [0.1, 0.15) is 11.6 Å². The van der Waals surface area contributed by atoms with E-state index in [1.165, 1.54) is 12.1 Å². The van der Waals surface area contributed by atoms with Crippen molar-refractivity contribution in [2.75, 3.05) is 0 Å². The quantitative estimate of drug-likeness (QED) is 0.593. The van der Waals surface area contributed by atoms with E-state index in [9.17, 15) is 8.78 Å². The molecule has 0 aromatic heterocycles. The summed E-state index contributed by atoms with van der Waals surface area (Å²) in [5.74, 6) is -0.872. The monoisotopic (exact) mass is 364 g/mol. The molecule has 0 aliphatic carbocycles. The number of alkyl halides is 1. The lowest BCUT2D eigenvalue weighted by Crippen LogP contribution is -2.02. The number of hydrogen-bond donors (Lipinski definition) is 0. The molecule has 0 saturated carbocycles. The van der Waals surface area contributed by atoms with Gasteiger partial charge < -0.3 is 0 Å². The molecule has 0 amide bonds. The summed E-state index contributed by atoms with van der Waals surface area (Å²) in [6.07, 6.45) is 0.125. The van der Waals surface area contributed by atoms with Gasteiger partial charge in [-0.1, -0.05) is 29.8 Å². The summed E-state index contributed by atoms with van der Waals surface area (Å²) in [4.78, 5) is 0. The van der Waals surface area contributed by atoms with Crippen molar-refractivity contribution in [3.8, 4) is 0 Å². The minimum Gasteiger partial charge on any atom is -0.207 e. The maximum atomic E-state index is 13.9. The summed E-state index contributed by atoms with van der Waals surface area (Å²) < 4.78 is 27.9. The third kappa shape index (κ3) is 3.28. The Bertz CT molecular complexity index is 582. The molecule has 0 spiro atoms. The number of rotatable bonds is 3. The van der Waals surface area contributed by atoms with Gasteiger partial charge in [0.25, 0.3) is 0 Å². The van der Waals surface area contributed by atoms with Crippen molar-refractivity contribution < 1.29 is 8.78 Å². The van der Waals surface area contributed by atoms with Crippen LogP contribution in [0.3, 0.4) is 0 Å². The van der Waals surface area contributed by atoms with E-state index in [0.29, 0.717) is 20.6 Å². The highest BCUT2D eigenvalue weighted by molar-refractivity contribution is 9.10. The maximum absolute atomic E-state index is 13.9. The van der Waals surface area contributed by atoms with Crippen LogP contribution in [0, 0.1) is 11.6 Å². The fourth-order valence-electron chi connectivity index (χ4n) is 1.78. The van der Waals surface area contributed by atoms with Crippen molar-refractivity contribution in [3.05, 3.63) is 68.7 Å². The van der Waals surface area contributed by atoms with E-state index in [1.54, 1.807) is 24.3 Å². The highest BCUT2D eigenvalue weighted by Crippen LogP contribution is 2.33. The molecule has 2 aromatic carbocycles. The first kappa shape index (κ1) is 14.8. The predicted molar refractivity (Wildman–Crippen MR) is 77.8 cm³/mol. The summed E-state index contributed by atoms with van der Waals surface area (Å²) in [5.41, 5.74) is 0.610. The Morgan fingerprint density at radius 2 is 1.79 bits per heavy atom. The Balaban J connectivity index is 2.31. The summed E-state index contributed by atoms with van der Waals surface area (Å²) in [6, 6.07) is 9.25. The van der Waals surface area contributed by atoms with Crippen molar-refractivity contribution >= 4 is 39.1 Å². The molecule has 0 N–H and O–H groups in total. The molecule has 0 aliphatic rings. The van der Waals surface area contributed by atoms with E-state index in [0.717, 1.165) is 0 Å². The molecule has 5 heteroatoms. The molecule has 0 heterocycles. The van der Waals surface area contributed by atoms with E-state index in [1.807, 2.05) is 0 Å². The van der Waals surface area contributed by atoms with E-state index >= 15 is 0 Å². The van der Waals surface area contributed by atoms with Crippen LogP contribution in [0.2, 0.25) is 5.02 Å². The largest absolute Gasteiger partial charge is 0.207 e. The second-order valence-electron chi connectivity index (χ2n) is 4.01. The van der Waals surface area contributed by atoms with E-state index in [-0.39, 0.29) is 6.42 Å². The summed E-state index contributed by atoms with van der Waals surface area (Å²) in [5, 5.41) is -0.395. The minimum atomic E-state index is -0.688. The van der Waals surface area contributed by atoms with Gasteiger partial charge in [0.05, 0.1) is 9.85 Å². The Hall–Kier alpha value is -0.640. The fraction of sp³-hybridized carbons (Fsp3) is 0.143. The fourth-order valence-corrected chi connectivity index (χ4v) is 2.72. The van der Waals surface area contributed by atoms with Gasteiger partial charge in [0.15, 0.2) is 0 Å². The standard InChI is InChI=1S/C14H9BrCl2F2/c15-10-4-1-3-8(14(10)19)12(17)7-9-11(16)5-2-6-13(9)18/h1-6,12H,7H2. The zero-order valence-corrected chi connectivity index (χ0v) is 12.7. The molecule has 0 radical (unpaired) electrons. The molecular formula is C14H9BrCl2F2. The Morgan fingerprint density at radius 1 is 1.11 bits per heavy atom. The van der Waals surface area contributed by atoms with Crippen LogP contribution in [-0.4, -0.2) is 0 Å². The molecule has 0 fully saturated rings. The highest BCUT2D eigenvalue weighted by Gasteiger charge is 2.18. The summed E-state index contributed by atoms with van der Waals surface area (Å²) >= 11 is 15.2. The third-order valence-electron chi connectivity index (χ3n) is 2.76. The Kier molecular flexibility index (Phi) is 4.82. The zero-order valence-electron chi connectivity index (χ0n) is 9.64. The van der Waals surface area contributed by atoms with Gasteiger partial charge in [-0.25, -0.2) is 8.78 Å². The first-order chi connectivity index (χ1) is 9.00. The van der Waals surface area contributed by atoms with Crippen molar-refractivity contribution in [1.82, 2.24) is 0 Å². The highest BCUT2D eigenvalue weighted by atomic mass is 79.9. The van der Waals surface area contributed by atoms with E-state index < -0.39 is 17.0 Å². The molecule has 1 atom stereocenters. The molecule has 1 unspecified atom stereocenters. The molecule has 2 aromatic rings. The van der Waals surface area contributed by atoms with Gasteiger partial charge in [0.2, 0.25) is 0 Å². The van der Waals surface area contributed by atoms with Crippen LogP contribution in [0.15, 0.2) is 40.9 Å². The summed E-state index contributed by atoms with van der Waals surface area (Å²) in [7, 11) is 0. The van der Waals surface area contributed by atoms with Gasteiger partial charge in [-0.3, -0.25) is 0 Å². The lowest BCUT2D eigenvalue weighted by molar-refractivity contribution is 0.588. The molecule has 0 saturated heterocycles. The summed E-state index contributed by atoms with van der Waals surface area (Å²) in [6.45, 7) is 0. The normalized spacial score (nSPS) is 12.5. The van der Waals surface area contributed by atoms with Gasteiger partial charge in [-0.15, -0.1) is 11.6 Å². The number of hydrogen-bond acceptors (Lipinski definition) is 0. The minimum absolute atomic E-state index is 0.125. The van der Waals surface area contributed by atoms with Gasteiger partial charge in [-0.05, 0) is 40.5 Å². The van der Waals surface area contributed by atoms with Crippen LogP contribution in [0.1, 0.15) is 16.5 Å². The van der Waals surface area contributed by atoms with Crippen LogP contribution < -0.4 is 0 Å². The second kappa shape index (κ2) is 6.21. The van der Waals surface area contributed by atoms with Crippen molar-refractivity contribution in [2.24, 2.45) is 0 Å². The second-order valence-corrected chi connectivity index (χ2v) is 5.80. The Labute approximate surface area is 128 Å². The van der Waals surface area contributed by atoms with E-state index in [2.05, 4.69) is 15.9 Å². The first-order valence-electron chi connectivity index (χ1n) is 5.51. The average Bonchev–Trinajstić information content (AvgIpc) is 2.37. The van der Waals surface area contributed by atoms with Crippen molar-refractivity contribution in [2.45, 2.75) is 11.8 Å². The van der Waals surface area contributed by atoms with Crippen molar-refractivity contribution in [3.63, 3.8) is 0 Å². The van der Waals surface area contributed by atoms with Gasteiger partial charge in [0, 0.05) is 16.1 Å². The predicted octanol–water partition coefficient (Wildman–Crippen LogP) is 5.90. The van der Waals surface area contributed by atoms with Crippen LogP contribution in [0.4, 0.5) is 8.78 Å². The first-order valence-corrected chi connectivity index (χ1v) is 7.12. The molecule has 2 rings (SSSR count). The molecule has 0 aliphatic heterocycles. The molecular weight excluding hydrogens is 357 g/mol. The smallest absolute Gasteiger partial charge is 0.142 e. The maximum Gasteiger partial charge on any atom is 0.142 e. The molecule has 0 bridgehead atoms. The number of halogens is 5. The zero-order chi connectivity index (χ0) is 14.0. The lowest BCUT2D eigenvalue weighted by Gasteiger charge is -2.13. The van der Waals surface area contributed by atoms with Gasteiger partial charge in [-0.2, -0.15) is 0 Å². The van der Waals surface area contributed by atoms with Crippen molar-refractivity contribution in [1.29, 1.82) is 0 Å². The molecule has 100 valence electrons. The molecule has 0 nitrogen and oxygen atoms in total. The lowest BCUT2D eigenvalue weighted by atomic mass is 10.0. The van der Waals surface area contributed by atoms with Crippen LogP contribution in [-0.2, 0) is 6.42 Å². The van der Waals surface area contributed by atoms with Crippen LogP contribution >= 0.6 is 39.1 Å². The van der Waals surface area contributed by atoms with Gasteiger partial charge >= 0.3 is 0 Å². The van der Waals surface area contributed by atoms with Crippen LogP contribution in [0.5, 0.6) is 0 Å². The Morgan fingerprint density at radius 3 is 2.47 bits per heavy atom. The third-order valence-corrected chi connectivity index (χ3v) is 4.12. The number of benzene rings is 2. The van der Waals surface area contributed by atoms with Crippen LogP contribution in [0.25, 0.3) is 0 Å². The average molecular weight is 366 g/mol. The topological polar surface area (TPSA) is 0 Å².